The van der Waals surface area contributed by atoms with E-state index in [0.717, 1.165) is 24.8 Å². The number of nitrogens with one attached hydrogen (secondary N) is 1. The van der Waals surface area contributed by atoms with E-state index in [-0.39, 0.29) is 0 Å². The quantitative estimate of drug-likeness (QED) is 0.717. The summed E-state index contributed by atoms with van der Waals surface area (Å²) in [6.45, 7) is 3.21. The number of allylic oxidation sites excluding steroid dienone is 5. The Bertz CT molecular complexity index is 296. The first-order valence-electron chi connectivity index (χ1n) is 5.55. The van der Waals surface area contributed by atoms with Gasteiger partial charge in [-0.3, -0.25) is 0 Å². The van der Waals surface area contributed by atoms with Gasteiger partial charge in [-0.2, -0.15) is 0 Å². The molecular weight excluding hydrogens is 170 g/mol. The van der Waals surface area contributed by atoms with E-state index in [1.54, 1.807) is 0 Å². The topological polar surface area (TPSA) is 12.0 Å². The highest BCUT2D eigenvalue weighted by Crippen LogP contribution is 2.45. The highest BCUT2D eigenvalue weighted by molar-refractivity contribution is 5.44. The molecule has 0 aromatic rings. The van der Waals surface area contributed by atoms with Crippen molar-refractivity contribution in [1.82, 2.24) is 5.32 Å². The molecule has 2 aliphatic rings. The first-order valence-corrected chi connectivity index (χ1v) is 5.55. The van der Waals surface area contributed by atoms with Crippen LogP contribution in [0.1, 0.15) is 19.8 Å². The molecule has 2 atom stereocenters. The number of rotatable bonds is 4. The van der Waals surface area contributed by atoms with Gasteiger partial charge in [-0.25, -0.2) is 0 Å². The second-order valence-corrected chi connectivity index (χ2v) is 4.21. The Labute approximate surface area is 86.6 Å². The second kappa shape index (κ2) is 4.14. The lowest BCUT2D eigenvalue weighted by Crippen LogP contribution is -2.09. The van der Waals surface area contributed by atoms with Crippen LogP contribution in [0.15, 0.2) is 35.5 Å². The van der Waals surface area contributed by atoms with Gasteiger partial charge in [0.2, 0.25) is 0 Å². The van der Waals surface area contributed by atoms with Gasteiger partial charge in [-0.15, -0.1) is 0 Å². The molecule has 0 aromatic heterocycles. The number of fused-ring (bicyclic) bond motifs is 1. The molecule has 0 spiro atoms. The zero-order valence-corrected chi connectivity index (χ0v) is 9.09. The van der Waals surface area contributed by atoms with E-state index in [9.17, 15) is 0 Å². The Morgan fingerprint density at radius 3 is 3.07 bits per heavy atom. The van der Waals surface area contributed by atoms with Gasteiger partial charge >= 0.3 is 0 Å². The largest absolute Gasteiger partial charge is 0.319 e. The van der Waals surface area contributed by atoms with E-state index < -0.39 is 0 Å². The third-order valence-corrected chi connectivity index (χ3v) is 3.17. The van der Waals surface area contributed by atoms with Crippen LogP contribution in [0.3, 0.4) is 0 Å². The fourth-order valence-corrected chi connectivity index (χ4v) is 2.09. The fourth-order valence-electron chi connectivity index (χ4n) is 2.09. The minimum Gasteiger partial charge on any atom is -0.319 e. The van der Waals surface area contributed by atoms with Crippen LogP contribution >= 0.6 is 0 Å². The highest BCUT2D eigenvalue weighted by atomic mass is 14.8. The molecule has 2 aliphatic carbocycles. The Morgan fingerprint density at radius 1 is 1.57 bits per heavy atom. The van der Waals surface area contributed by atoms with Crippen LogP contribution in [-0.4, -0.2) is 13.6 Å². The molecular formula is C13H19N. The maximum absolute atomic E-state index is 3.20. The minimum absolute atomic E-state index is 0.861. The maximum atomic E-state index is 3.20. The second-order valence-electron chi connectivity index (χ2n) is 4.21. The molecule has 1 saturated carbocycles. The van der Waals surface area contributed by atoms with Crippen LogP contribution in [0.4, 0.5) is 0 Å². The zero-order chi connectivity index (χ0) is 9.97. The molecule has 2 rings (SSSR count). The van der Waals surface area contributed by atoms with Crippen molar-refractivity contribution < 1.29 is 0 Å². The highest BCUT2D eigenvalue weighted by Gasteiger charge is 2.35. The van der Waals surface area contributed by atoms with Crippen molar-refractivity contribution in [1.29, 1.82) is 0 Å². The standard InChI is InChI=1S/C13H19N/c1-3-10(6-7-14-2)11-4-5-12-9-13(12)8-11/h3-5,8,12-14H,6-7,9H2,1-2H3/b10-3-. The van der Waals surface area contributed by atoms with E-state index in [2.05, 4.69) is 36.5 Å². The summed E-state index contributed by atoms with van der Waals surface area (Å²) in [6.07, 6.45) is 11.9. The fraction of sp³-hybridized carbons (Fsp3) is 0.538. The van der Waals surface area contributed by atoms with Crippen LogP contribution in [0.5, 0.6) is 0 Å². The lowest BCUT2D eigenvalue weighted by atomic mass is 9.97. The first-order chi connectivity index (χ1) is 6.85. The van der Waals surface area contributed by atoms with Gasteiger partial charge in [-0.1, -0.05) is 24.3 Å². The molecule has 0 bridgehead atoms. The van der Waals surface area contributed by atoms with Crippen molar-refractivity contribution in [3.63, 3.8) is 0 Å². The molecule has 0 aromatic carbocycles. The van der Waals surface area contributed by atoms with Crippen LogP contribution in [0, 0.1) is 11.8 Å². The van der Waals surface area contributed by atoms with Crippen molar-refractivity contribution in [2.75, 3.05) is 13.6 Å². The number of hydrogen-bond acceptors (Lipinski definition) is 1. The van der Waals surface area contributed by atoms with Crippen LogP contribution in [0.2, 0.25) is 0 Å². The van der Waals surface area contributed by atoms with Crippen molar-refractivity contribution in [2.24, 2.45) is 11.8 Å². The summed E-state index contributed by atoms with van der Waals surface area (Å²) in [7, 11) is 2.01. The van der Waals surface area contributed by atoms with Gasteiger partial charge < -0.3 is 5.32 Å². The summed E-state index contributed by atoms with van der Waals surface area (Å²) >= 11 is 0. The van der Waals surface area contributed by atoms with E-state index in [0.29, 0.717) is 0 Å². The molecule has 1 fully saturated rings. The predicted octanol–water partition coefficient (Wildman–Crippen LogP) is 2.67. The van der Waals surface area contributed by atoms with Crippen molar-refractivity contribution >= 4 is 0 Å². The Balaban J connectivity index is 2.01. The van der Waals surface area contributed by atoms with E-state index in [4.69, 9.17) is 0 Å². The van der Waals surface area contributed by atoms with E-state index >= 15 is 0 Å². The summed E-state index contributed by atoms with van der Waals surface area (Å²) in [6, 6.07) is 0. The predicted molar refractivity (Wildman–Crippen MR) is 61.1 cm³/mol. The third-order valence-electron chi connectivity index (χ3n) is 3.17. The summed E-state index contributed by atoms with van der Waals surface area (Å²) < 4.78 is 0. The SMILES string of the molecule is C/C=C(/CCNC)C1=CC2CC2C=C1. The van der Waals surface area contributed by atoms with Gasteiger partial charge in [0.15, 0.2) is 0 Å². The average Bonchev–Trinajstić information content (AvgIpc) is 2.97. The molecule has 0 radical (unpaired) electrons. The summed E-state index contributed by atoms with van der Waals surface area (Å²) in [4.78, 5) is 0. The van der Waals surface area contributed by atoms with E-state index in [1.165, 1.54) is 17.6 Å². The van der Waals surface area contributed by atoms with Gasteiger partial charge in [0.25, 0.3) is 0 Å². The smallest absolute Gasteiger partial charge is 0.00113 e. The molecule has 0 saturated heterocycles. The molecule has 0 aliphatic heterocycles. The Kier molecular flexibility index (Phi) is 2.87. The third kappa shape index (κ3) is 1.98. The first kappa shape index (κ1) is 9.72. The summed E-state index contributed by atoms with van der Waals surface area (Å²) in [5.41, 5.74) is 2.95. The zero-order valence-electron chi connectivity index (χ0n) is 9.09. The van der Waals surface area contributed by atoms with Crippen LogP contribution < -0.4 is 5.32 Å². The lowest BCUT2D eigenvalue weighted by molar-refractivity contribution is 0.787. The Morgan fingerprint density at radius 2 is 2.43 bits per heavy atom. The average molecular weight is 189 g/mol. The molecule has 0 heterocycles. The van der Waals surface area contributed by atoms with Crippen molar-refractivity contribution in [3.8, 4) is 0 Å². The molecule has 0 amide bonds. The van der Waals surface area contributed by atoms with Gasteiger partial charge in [0, 0.05) is 0 Å². The normalized spacial score (nSPS) is 29.9. The van der Waals surface area contributed by atoms with Crippen LogP contribution in [-0.2, 0) is 0 Å². The Hall–Kier alpha value is -0.820. The molecule has 2 unspecified atom stereocenters. The molecule has 14 heavy (non-hydrogen) atoms. The molecule has 1 heteroatoms. The number of hydrogen-bond donors (Lipinski definition) is 1. The van der Waals surface area contributed by atoms with Gasteiger partial charge in [-0.05, 0) is 56.3 Å². The minimum atomic E-state index is 0.861. The lowest BCUT2D eigenvalue weighted by Gasteiger charge is -2.10. The molecule has 1 nitrogen and oxygen atoms in total. The van der Waals surface area contributed by atoms with E-state index in [1.807, 2.05) is 7.05 Å². The maximum Gasteiger partial charge on any atom is -0.00113 e. The summed E-state index contributed by atoms with van der Waals surface area (Å²) in [5, 5.41) is 3.20. The van der Waals surface area contributed by atoms with Gasteiger partial charge in [0.05, 0.1) is 0 Å². The monoisotopic (exact) mass is 189 g/mol. The molecule has 76 valence electrons. The summed E-state index contributed by atoms with van der Waals surface area (Å²) in [5.74, 6) is 1.74. The van der Waals surface area contributed by atoms with Crippen molar-refractivity contribution in [3.05, 3.63) is 35.5 Å². The van der Waals surface area contributed by atoms with Crippen LogP contribution in [0.25, 0.3) is 0 Å². The van der Waals surface area contributed by atoms with Gasteiger partial charge in [0.1, 0.15) is 0 Å². The van der Waals surface area contributed by atoms with Crippen molar-refractivity contribution in [2.45, 2.75) is 19.8 Å². The molecule has 1 N–H and O–H groups in total.